The fourth-order valence-corrected chi connectivity index (χ4v) is 2.87. The van der Waals surface area contributed by atoms with Gasteiger partial charge >= 0.3 is 0 Å². The van der Waals surface area contributed by atoms with Gasteiger partial charge in [-0.3, -0.25) is 4.90 Å². The van der Waals surface area contributed by atoms with Crippen LogP contribution in [0.3, 0.4) is 0 Å². The van der Waals surface area contributed by atoms with Crippen LogP contribution in [0, 0.1) is 0 Å². The van der Waals surface area contributed by atoms with Gasteiger partial charge in [0.2, 0.25) is 0 Å². The first kappa shape index (κ1) is 7.56. The van der Waals surface area contributed by atoms with Crippen LogP contribution in [0.5, 0.6) is 0 Å². The highest BCUT2D eigenvalue weighted by atomic mass is 15.3. The Kier molecular flexibility index (Phi) is 1.69. The molecular weight excluding hydrogens is 136 g/mol. The zero-order valence-electron chi connectivity index (χ0n) is 7.34. The van der Waals surface area contributed by atoms with Gasteiger partial charge in [0.15, 0.2) is 0 Å². The van der Waals surface area contributed by atoms with Crippen LogP contribution >= 0.6 is 0 Å². The molecule has 0 amide bonds. The summed E-state index contributed by atoms with van der Waals surface area (Å²) in [6.45, 7) is 4.50. The first-order chi connectivity index (χ1) is 5.28. The monoisotopic (exact) mass is 154 g/mol. The van der Waals surface area contributed by atoms with E-state index in [1.807, 2.05) is 0 Å². The minimum Gasteiger partial charge on any atom is -0.329 e. The average Bonchev–Trinajstić information content (AvgIpc) is 2.53. The molecule has 0 aromatic heterocycles. The Labute approximate surface area is 68.7 Å². The fraction of sp³-hybridized carbons (Fsp3) is 1.00. The van der Waals surface area contributed by atoms with Gasteiger partial charge in [0.05, 0.1) is 0 Å². The minimum absolute atomic E-state index is 0.430. The molecule has 64 valence electrons. The van der Waals surface area contributed by atoms with Crippen molar-refractivity contribution in [3.05, 3.63) is 0 Å². The normalized spacial score (nSPS) is 44.7. The maximum absolute atomic E-state index is 5.83. The van der Waals surface area contributed by atoms with E-state index in [2.05, 4.69) is 11.8 Å². The van der Waals surface area contributed by atoms with Crippen molar-refractivity contribution in [3.63, 3.8) is 0 Å². The second-order valence-electron chi connectivity index (χ2n) is 4.11. The number of hydrogen-bond donors (Lipinski definition) is 1. The topological polar surface area (TPSA) is 29.3 Å². The molecule has 0 aromatic carbocycles. The van der Waals surface area contributed by atoms with E-state index >= 15 is 0 Å². The molecule has 11 heavy (non-hydrogen) atoms. The standard InChI is InChI=1S/C9H18N2/c1-8-3-5-9(7-10)4-2-6-11(8)9/h8H,2-7,10H2,1H3/t8-,9+/m1/s1. The molecule has 0 radical (unpaired) electrons. The zero-order chi connectivity index (χ0) is 7.90. The van der Waals surface area contributed by atoms with E-state index in [1.54, 1.807) is 0 Å². The van der Waals surface area contributed by atoms with Gasteiger partial charge in [-0.2, -0.15) is 0 Å². The Morgan fingerprint density at radius 3 is 3.00 bits per heavy atom. The van der Waals surface area contributed by atoms with Crippen LogP contribution in [-0.2, 0) is 0 Å². The van der Waals surface area contributed by atoms with Crippen LogP contribution < -0.4 is 5.73 Å². The number of nitrogens with two attached hydrogens (primary N) is 1. The number of hydrogen-bond acceptors (Lipinski definition) is 2. The van der Waals surface area contributed by atoms with Gasteiger partial charge in [-0.25, -0.2) is 0 Å². The summed E-state index contributed by atoms with van der Waals surface area (Å²) in [4.78, 5) is 2.63. The third-order valence-corrected chi connectivity index (χ3v) is 3.59. The van der Waals surface area contributed by atoms with E-state index in [9.17, 15) is 0 Å². The molecule has 2 N–H and O–H groups in total. The maximum Gasteiger partial charge on any atom is 0.0335 e. The van der Waals surface area contributed by atoms with Gasteiger partial charge in [-0.05, 0) is 39.2 Å². The van der Waals surface area contributed by atoms with Crippen molar-refractivity contribution in [2.75, 3.05) is 13.1 Å². The summed E-state index contributed by atoms with van der Waals surface area (Å²) in [5.41, 5.74) is 6.26. The minimum atomic E-state index is 0.430. The summed E-state index contributed by atoms with van der Waals surface area (Å²) in [5.74, 6) is 0. The van der Waals surface area contributed by atoms with Gasteiger partial charge in [-0.1, -0.05) is 0 Å². The van der Waals surface area contributed by atoms with Gasteiger partial charge in [0, 0.05) is 18.1 Å². The van der Waals surface area contributed by atoms with Crippen LogP contribution in [0.2, 0.25) is 0 Å². The van der Waals surface area contributed by atoms with Crippen molar-refractivity contribution in [1.29, 1.82) is 0 Å². The quantitative estimate of drug-likeness (QED) is 0.609. The molecule has 2 aliphatic rings. The fourth-order valence-electron chi connectivity index (χ4n) is 2.87. The van der Waals surface area contributed by atoms with Crippen LogP contribution in [0.1, 0.15) is 32.6 Å². The van der Waals surface area contributed by atoms with Crippen LogP contribution in [0.15, 0.2) is 0 Å². The number of fused-ring (bicyclic) bond motifs is 1. The van der Waals surface area contributed by atoms with Crippen molar-refractivity contribution in [3.8, 4) is 0 Å². The maximum atomic E-state index is 5.83. The molecule has 0 spiro atoms. The van der Waals surface area contributed by atoms with Crippen molar-refractivity contribution >= 4 is 0 Å². The molecule has 2 saturated heterocycles. The summed E-state index contributed by atoms with van der Waals surface area (Å²) in [7, 11) is 0. The molecule has 0 saturated carbocycles. The van der Waals surface area contributed by atoms with Gasteiger partial charge in [0.1, 0.15) is 0 Å². The van der Waals surface area contributed by atoms with E-state index < -0.39 is 0 Å². The van der Waals surface area contributed by atoms with Crippen LogP contribution in [-0.4, -0.2) is 29.6 Å². The zero-order valence-corrected chi connectivity index (χ0v) is 7.34. The molecule has 2 fully saturated rings. The largest absolute Gasteiger partial charge is 0.329 e. The van der Waals surface area contributed by atoms with Gasteiger partial charge in [-0.15, -0.1) is 0 Å². The molecule has 2 nitrogen and oxygen atoms in total. The van der Waals surface area contributed by atoms with Crippen molar-refractivity contribution in [2.24, 2.45) is 5.73 Å². The van der Waals surface area contributed by atoms with Crippen LogP contribution in [0.4, 0.5) is 0 Å². The lowest BCUT2D eigenvalue weighted by molar-refractivity contribution is 0.165. The predicted octanol–water partition coefficient (Wildman–Crippen LogP) is 0.962. The van der Waals surface area contributed by atoms with Crippen molar-refractivity contribution < 1.29 is 0 Å². The second-order valence-corrected chi connectivity index (χ2v) is 4.11. The Morgan fingerprint density at radius 2 is 2.36 bits per heavy atom. The Balaban J connectivity index is 2.18. The van der Waals surface area contributed by atoms with Gasteiger partial charge in [0.25, 0.3) is 0 Å². The summed E-state index contributed by atoms with van der Waals surface area (Å²) in [6, 6.07) is 0.793. The number of nitrogens with zero attached hydrogens (tertiary/aromatic N) is 1. The Bertz CT molecular complexity index is 158. The Hall–Kier alpha value is -0.0800. The summed E-state index contributed by atoms with van der Waals surface area (Å²) in [6.07, 6.45) is 5.40. The highest BCUT2D eigenvalue weighted by Crippen LogP contribution is 2.41. The summed E-state index contributed by atoms with van der Waals surface area (Å²) >= 11 is 0. The molecule has 2 aliphatic heterocycles. The third-order valence-electron chi connectivity index (χ3n) is 3.59. The lowest BCUT2D eigenvalue weighted by atomic mass is 9.94. The molecular formula is C9H18N2. The van der Waals surface area contributed by atoms with Crippen molar-refractivity contribution in [1.82, 2.24) is 4.90 Å². The molecule has 0 aromatic rings. The predicted molar refractivity (Wildman–Crippen MR) is 46.4 cm³/mol. The average molecular weight is 154 g/mol. The van der Waals surface area contributed by atoms with Gasteiger partial charge < -0.3 is 5.73 Å². The van der Waals surface area contributed by atoms with E-state index in [-0.39, 0.29) is 0 Å². The molecule has 0 aliphatic carbocycles. The van der Waals surface area contributed by atoms with E-state index in [0.717, 1.165) is 12.6 Å². The Morgan fingerprint density at radius 1 is 1.55 bits per heavy atom. The van der Waals surface area contributed by atoms with Crippen molar-refractivity contribution in [2.45, 2.75) is 44.2 Å². The molecule has 2 rings (SSSR count). The third kappa shape index (κ3) is 0.926. The SMILES string of the molecule is C[C@@H]1CC[C@]2(CN)CCCN12. The molecule has 2 heterocycles. The molecule has 0 unspecified atom stereocenters. The highest BCUT2D eigenvalue weighted by Gasteiger charge is 2.46. The second kappa shape index (κ2) is 2.46. The van der Waals surface area contributed by atoms with E-state index in [0.29, 0.717) is 5.54 Å². The van der Waals surface area contributed by atoms with E-state index in [1.165, 1.54) is 32.2 Å². The summed E-state index contributed by atoms with van der Waals surface area (Å²) in [5, 5.41) is 0. The van der Waals surface area contributed by atoms with Crippen LogP contribution in [0.25, 0.3) is 0 Å². The first-order valence-corrected chi connectivity index (χ1v) is 4.75. The highest BCUT2D eigenvalue weighted by molar-refractivity contribution is 5.03. The number of rotatable bonds is 1. The smallest absolute Gasteiger partial charge is 0.0335 e. The first-order valence-electron chi connectivity index (χ1n) is 4.75. The lowest BCUT2D eigenvalue weighted by Crippen LogP contribution is -2.46. The van der Waals surface area contributed by atoms with E-state index in [4.69, 9.17) is 5.73 Å². The molecule has 2 heteroatoms. The molecule has 0 bridgehead atoms. The molecule has 2 atom stereocenters. The lowest BCUT2D eigenvalue weighted by Gasteiger charge is -2.32. The summed E-state index contributed by atoms with van der Waals surface area (Å²) < 4.78 is 0.